The highest BCUT2D eigenvalue weighted by Crippen LogP contribution is 2.31. The molecule has 1 N–H and O–H groups in total. The number of carbonyl (C=O) groups is 1. The molecule has 0 saturated carbocycles. The van der Waals surface area contributed by atoms with Gasteiger partial charge in [0.05, 0.1) is 18.1 Å². The predicted molar refractivity (Wildman–Crippen MR) is 111 cm³/mol. The first-order valence-electron chi connectivity index (χ1n) is 9.92. The van der Waals surface area contributed by atoms with Gasteiger partial charge in [0.25, 0.3) is 11.6 Å². The zero-order valence-corrected chi connectivity index (χ0v) is 16.9. The summed E-state index contributed by atoms with van der Waals surface area (Å²) in [6.45, 7) is 3.94. The lowest BCUT2D eigenvalue weighted by atomic mass is 10.00. The molecule has 1 aliphatic rings. The normalized spacial score (nSPS) is 15.5. The fraction of sp³-hybridized carbons (Fsp3) is 0.409. The second kappa shape index (κ2) is 9.52. The van der Waals surface area contributed by atoms with E-state index in [4.69, 9.17) is 4.74 Å². The van der Waals surface area contributed by atoms with Gasteiger partial charge in [-0.2, -0.15) is 0 Å². The van der Waals surface area contributed by atoms with Crippen LogP contribution in [0.25, 0.3) is 0 Å². The van der Waals surface area contributed by atoms with E-state index in [2.05, 4.69) is 10.2 Å². The van der Waals surface area contributed by atoms with Crippen molar-refractivity contribution >= 4 is 11.6 Å². The highest BCUT2D eigenvalue weighted by atomic mass is 16.6. The number of nitro benzene ring substituents is 1. The van der Waals surface area contributed by atoms with E-state index < -0.39 is 4.92 Å². The molecule has 0 spiro atoms. The van der Waals surface area contributed by atoms with Gasteiger partial charge in [0, 0.05) is 29.3 Å². The van der Waals surface area contributed by atoms with E-state index in [0.29, 0.717) is 17.7 Å². The Kier molecular flexibility index (Phi) is 6.82. The number of methoxy groups -OCH3 is 1. The van der Waals surface area contributed by atoms with Crippen molar-refractivity contribution in [3.05, 3.63) is 69.3 Å². The van der Waals surface area contributed by atoms with Crippen molar-refractivity contribution in [3.63, 3.8) is 0 Å². The molecule has 7 heteroatoms. The summed E-state index contributed by atoms with van der Waals surface area (Å²) in [6, 6.07) is 12.4. The third-order valence-corrected chi connectivity index (χ3v) is 5.53. The molecule has 1 heterocycles. The van der Waals surface area contributed by atoms with E-state index in [0.717, 1.165) is 37.2 Å². The molecule has 1 atom stereocenters. The molecule has 2 aromatic rings. The smallest absolute Gasteiger partial charge is 0.273 e. The van der Waals surface area contributed by atoms with Crippen LogP contribution >= 0.6 is 0 Å². The van der Waals surface area contributed by atoms with Crippen LogP contribution in [0.5, 0.6) is 5.75 Å². The molecule has 1 amide bonds. The Labute approximate surface area is 170 Å². The van der Waals surface area contributed by atoms with E-state index in [9.17, 15) is 14.9 Å². The average Bonchev–Trinajstić information content (AvgIpc) is 2.74. The lowest BCUT2D eigenvalue weighted by Crippen LogP contribution is -2.41. The van der Waals surface area contributed by atoms with Crippen molar-refractivity contribution in [1.29, 1.82) is 0 Å². The van der Waals surface area contributed by atoms with E-state index >= 15 is 0 Å². The number of ether oxygens (including phenoxy) is 1. The molecule has 7 nitrogen and oxygen atoms in total. The van der Waals surface area contributed by atoms with Crippen LogP contribution in [0.4, 0.5) is 5.69 Å². The van der Waals surface area contributed by atoms with Crippen molar-refractivity contribution in [2.45, 2.75) is 32.2 Å². The van der Waals surface area contributed by atoms with Crippen molar-refractivity contribution < 1.29 is 14.5 Å². The first kappa shape index (κ1) is 20.8. The van der Waals surface area contributed by atoms with Gasteiger partial charge in [-0.3, -0.25) is 19.8 Å². The number of carbonyl (C=O) groups excluding carboxylic acids is 1. The summed E-state index contributed by atoms with van der Waals surface area (Å²) >= 11 is 0. The highest BCUT2D eigenvalue weighted by Gasteiger charge is 2.26. The van der Waals surface area contributed by atoms with Gasteiger partial charge in [-0.15, -0.1) is 0 Å². The Morgan fingerprint density at radius 2 is 1.90 bits per heavy atom. The van der Waals surface area contributed by atoms with E-state index in [-0.39, 0.29) is 17.6 Å². The number of nitrogens with zero attached hydrogens (tertiary/aromatic N) is 2. The van der Waals surface area contributed by atoms with Crippen LogP contribution in [0.3, 0.4) is 0 Å². The van der Waals surface area contributed by atoms with Gasteiger partial charge < -0.3 is 10.1 Å². The van der Waals surface area contributed by atoms with Gasteiger partial charge in [0.1, 0.15) is 5.75 Å². The molecule has 0 radical (unpaired) electrons. The number of piperidine rings is 1. The van der Waals surface area contributed by atoms with Gasteiger partial charge in [-0.05, 0) is 45.0 Å². The van der Waals surface area contributed by atoms with Gasteiger partial charge in [0.15, 0.2) is 0 Å². The van der Waals surface area contributed by atoms with Crippen LogP contribution in [-0.4, -0.2) is 42.5 Å². The first-order chi connectivity index (χ1) is 14.0. The minimum absolute atomic E-state index is 0.0191. The molecule has 154 valence electrons. The highest BCUT2D eigenvalue weighted by molar-refractivity contribution is 5.96. The summed E-state index contributed by atoms with van der Waals surface area (Å²) in [4.78, 5) is 25.9. The maximum atomic E-state index is 12.8. The van der Waals surface area contributed by atoms with Crippen LogP contribution in [0.15, 0.2) is 42.5 Å². The number of hydrogen-bond acceptors (Lipinski definition) is 5. The number of likely N-dealkylation sites (tertiary alicyclic amines) is 1. The van der Waals surface area contributed by atoms with Crippen molar-refractivity contribution in [3.8, 4) is 5.75 Å². The standard InChI is InChI=1S/C22H27N3O4/c1-16-17(10-8-11-19(16)25(27)28)22(26)23-15-20(24-13-6-3-7-14-24)18-9-4-5-12-21(18)29-2/h4-5,8-12,20H,3,6-7,13-15H2,1-2H3,(H,23,26). The minimum Gasteiger partial charge on any atom is -0.496 e. The molecule has 3 rings (SSSR count). The SMILES string of the molecule is COc1ccccc1C(CNC(=O)c1cccc([N+](=O)[O-])c1C)N1CCCCC1. The first-order valence-corrected chi connectivity index (χ1v) is 9.92. The summed E-state index contributed by atoms with van der Waals surface area (Å²) < 4.78 is 5.56. The van der Waals surface area contributed by atoms with Gasteiger partial charge in [-0.25, -0.2) is 0 Å². The third-order valence-electron chi connectivity index (χ3n) is 5.53. The fourth-order valence-electron chi connectivity index (χ4n) is 3.96. The Morgan fingerprint density at radius 1 is 1.17 bits per heavy atom. The lowest BCUT2D eigenvalue weighted by molar-refractivity contribution is -0.385. The Balaban J connectivity index is 1.82. The molecule has 1 fully saturated rings. The van der Waals surface area contributed by atoms with Crippen LogP contribution in [0.1, 0.15) is 46.8 Å². The molecule has 29 heavy (non-hydrogen) atoms. The van der Waals surface area contributed by atoms with Crippen LogP contribution < -0.4 is 10.1 Å². The summed E-state index contributed by atoms with van der Waals surface area (Å²) in [5, 5.41) is 14.2. The molecular formula is C22H27N3O4. The largest absolute Gasteiger partial charge is 0.496 e. The average molecular weight is 397 g/mol. The predicted octanol–water partition coefficient (Wildman–Crippen LogP) is 3.87. The maximum Gasteiger partial charge on any atom is 0.273 e. The second-order valence-electron chi connectivity index (χ2n) is 7.27. The molecule has 1 aliphatic heterocycles. The lowest BCUT2D eigenvalue weighted by Gasteiger charge is -2.35. The zero-order chi connectivity index (χ0) is 20.8. The summed E-state index contributed by atoms with van der Waals surface area (Å²) in [7, 11) is 1.65. The molecule has 0 bridgehead atoms. The Morgan fingerprint density at radius 3 is 2.59 bits per heavy atom. The number of nitrogens with one attached hydrogen (secondary N) is 1. The minimum atomic E-state index is -0.461. The van der Waals surface area contributed by atoms with Crippen molar-refractivity contribution in [2.75, 3.05) is 26.7 Å². The number of hydrogen-bond donors (Lipinski definition) is 1. The molecular weight excluding hydrogens is 370 g/mol. The second-order valence-corrected chi connectivity index (χ2v) is 7.27. The van der Waals surface area contributed by atoms with E-state index in [1.165, 1.54) is 12.5 Å². The number of rotatable bonds is 7. The molecule has 1 saturated heterocycles. The van der Waals surface area contributed by atoms with Crippen molar-refractivity contribution in [2.24, 2.45) is 0 Å². The maximum absolute atomic E-state index is 12.8. The number of amides is 1. The van der Waals surface area contributed by atoms with E-state index in [1.54, 1.807) is 26.2 Å². The Bertz CT molecular complexity index is 878. The van der Waals surface area contributed by atoms with Gasteiger partial charge in [-0.1, -0.05) is 30.7 Å². The number of para-hydroxylation sites is 1. The fourth-order valence-corrected chi connectivity index (χ4v) is 3.96. The van der Waals surface area contributed by atoms with Crippen LogP contribution in [-0.2, 0) is 0 Å². The Hall–Kier alpha value is -2.93. The number of benzene rings is 2. The van der Waals surface area contributed by atoms with Crippen molar-refractivity contribution in [1.82, 2.24) is 10.2 Å². The quantitative estimate of drug-likeness (QED) is 0.566. The van der Waals surface area contributed by atoms with Crippen LogP contribution in [0, 0.1) is 17.0 Å². The topological polar surface area (TPSA) is 84.7 Å². The van der Waals surface area contributed by atoms with Gasteiger partial charge >= 0.3 is 0 Å². The molecule has 0 aromatic heterocycles. The third kappa shape index (κ3) is 4.74. The number of nitro groups is 1. The van der Waals surface area contributed by atoms with Gasteiger partial charge in [0.2, 0.25) is 0 Å². The van der Waals surface area contributed by atoms with Crippen LogP contribution in [0.2, 0.25) is 0 Å². The summed E-state index contributed by atoms with van der Waals surface area (Å²) in [5.41, 5.74) is 1.70. The molecule has 0 aliphatic carbocycles. The zero-order valence-electron chi connectivity index (χ0n) is 16.9. The monoisotopic (exact) mass is 397 g/mol. The molecule has 2 aromatic carbocycles. The summed E-state index contributed by atoms with van der Waals surface area (Å²) in [5.74, 6) is 0.493. The molecule has 1 unspecified atom stereocenters. The van der Waals surface area contributed by atoms with E-state index in [1.807, 2.05) is 24.3 Å². The summed E-state index contributed by atoms with van der Waals surface area (Å²) in [6.07, 6.45) is 3.47.